The third kappa shape index (κ3) is 7.01. The van der Waals surface area contributed by atoms with Crippen LogP contribution in [-0.4, -0.2) is 65.3 Å². The molecule has 2 saturated heterocycles. The molecule has 0 radical (unpaired) electrons. The summed E-state index contributed by atoms with van der Waals surface area (Å²) in [5.41, 5.74) is 1.45. The summed E-state index contributed by atoms with van der Waals surface area (Å²) in [5.74, 6) is -0.784. The van der Waals surface area contributed by atoms with Crippen LogP contribution in [0.2, 0.25) is 0 Å². The third-order valence-corrected chi connectivity index (χ3v) is 7.84. The zero-order valence-electron chi connectivity index (χ0n) is 22.6. The number of nitrogens with zero attached hydrogens (tertiary/aromatic N) is 2. The largest absolute Gasteiger partial charge is 0.461 e. The van der Waals surface area contributed by atoms with Crippen LogP contribution in [0.3, 0.4) is 0 Å². The number of amides is 2. The monoisotopic (exact) mass is 519 g/mol. The van der Waals surface area contributed by atoms with Gasteiger partial charge in [-0.1, -0.05) is 74.0 Å². The third-order valence-electron chi connectivity index (χ3n) is 7.84. The molecule has 204 valence electrons. The molecule has 2 amide bonds. The van der Waals surface area contributed by atoms with Crippen molar-refractivity contribution in [3.8, 4) is 0 Å². The molecule has 7 nitrogen and oxygen atoms in total. The van der Waals surface area contributed by atoms with Crippen molar-refractivity contribution in [2.45, 2.75) is 76.5 Å². The summed E-state index contributed by atoms with van der Waals surface area (Å²) in [6.45, 7) is 5.29. The van der Waals surface area contributed by atoms with Gasteiger partial charge in [-0.25, -0.2) is 0 Å². The van der Waals surface area contributed by atoms with E-state index in [9.17, 15) is 14.4 Å². The van der Waals surface area contributed by atoms with Gasteiger partial charge >= 0.3 is 5.97 Å². The fourth-order valence-electron chi connectivity index (χ4n) is 5.66. The molecular formula is C31H41N3O4. The first-order chi connectivity index (χ1) is 18.5. The summed E-state index contributed by atoms with van der Waals surface area (Å²) in [6, 6.07) is 19.1. The molecule has 0 aliphatic carbocycles. The first-order valence-electron chi connectivity index (χ1n) is 14.1. The first kappa shape index (κ1) is 27.8. The number of ether oxygens (including phenoxy) is 1. The number of esters is 1. The lowest BCUT2D eigenvalue weighted by Crippen LogP contribution is -2.73. The van der Waals surface area contributed by atoms with E-state index >= 15 is 0 Å². The molecule has 0 bridgehead atoms. The van der Waals surface area contributed by atoms with E-state index in [-0.39, 0.29) is 24.8 Å². The summed E-state index contributed by atoms with van der Waals surface area (Å²) in [7, 11) is 0. The maximum absolute atomic E-state index is 13.5. The molecule has 2 aromatic rings. The number of piperidine rings is 1. The SMILES string of the molecule is CCCN1C(=O)C(CC(=O)OCc2ccccc2)NC(=O)C12CCN(CCCCCc1ccccc1)CC2. The van der Waals surface area contributed by atoms with Crippen molar-refractivity contribution >= 4 is 17.8 Å². The minimum Gasteiger partial charge on any atom is -0.461 e. The van der Waals surface area contributed by atoms with E-state index in [1.54, 1.807) is 4.90 Å². The number of aryl methyl sites for hydroxylation is 1. The molecule has 2 aliphatic heterocycles. The van der Waals surface area contributed by atoms with E-state index < -0.39 is 17.6 Å². The molecule has 1 spiro atoms. The Labute approximate surface area is 226 Å². The minimum absolute atomic E-state index is 0.131. The topological polar surface area (TPSA) is 79.0 Å². The molecule has 38 heavy (non-hydrogen) atoms. The summed E-state index contributed by atoms with van der Waals surface area (Å²) in [6.07, 6.45) is 6.47. The average Bonchev–Trinajstić information content (AvgIpc) is 2.95. The van der Waals surface area contributed by atoms with Gasteiger partial charge in [-0.2, -0.15) is 0 Å². The van der Waals surface area contributed by atoms with Crippen molar-refractivity contribution in [3.05, 3.63) is 71.8 Å². The Morgan fingerprint density at radius 2 is 1.58 bits per heavy atom. The van der Waals surface area contributed by atoms with Gasteiger partial charge in [0.25, 0.3) is 0 Å². The van der Waals surface area contributed by atoms with Gasteiger partial charge in [0.05, 0.1) is 6.42 Å². The van der Waals surface area contributed by atoms with Crippen molar-refractivity contribution < 1.29 is 19.1 Å². The number of carbonyl (C=O) groups excluding carboxylic acids is 3. The number of benzene rings is 2. The molecule has 2 heterocycles. The smallest absolute Gasteiger partial charge is 0.308 e. The molecule has 4 rings (SSSR count). The van der Waals surface area contributed by atoms with Gasteiger partial charge in [0.1, 0.15) is 18.2 Å². The fourth-order valence-corrected chi connectivity index (χ4v) is 5.66. The summed E-state index contributed by atoms with van der Waals surface area (Å²) >= 11 is 0. The van der Waals surface area contributed by atoms with Crippen LogP contribution in [0.25, 0.3) is 0 Å². The van der Waals surface area contributed by atoms with Crippen molar-refractivity contribution in [3.63, 3.8) is 0 Å². The zero-order chi connectivity index (χ0) is 26.8. The van der Waals surface area contributed by atoms with E-state index in [0.717, 1.165) is 44.5 Å². The molecule has 0 saturated carbocycles. The van der Waals surface area contributed by atoms with Gasteiger partial charge < -0.3 is 19.9 Å². The highest BCUT2D eigenvalue weighted by atomic mass is 16.5. The molecule has 2 aromatic carbocycles. The van der Waals surface area contributed by atoms with Crippen molar-refractivity contribution in [1.82, 2.24) is 15.1 Å². The number of carbonyl (C=O) groups is 3. The van der Waals surface area contributed by atoms with E-state index in [1.807, 2.05) is 37.3 Å². The second-order valence-electron chi connectivity index (χ2n) is 10.5. The second-order valence-corrected chi connectivity index (χ2v) is 10.5. The highest BCUT2D eigenvalue weighted by Crippen LogP contribution is 2.34. The predicted octanol–water partition coefficient (Wildman–Crippen LogP) is 4.10. The number of likely N-dealkylation sites (tertiary alicyclic amines) is 1. The molecule has 2 aliphatic rings. The standard InChI is InChI=1S/C31H41N3O4/c1-2-19-34-29(36)27(23-28(35)38-24-26-15-8-4-9-16-26)32-30(37)31(34)17-21-33(22-18-31)20-11-5-10-14-25-12-6-3-7-13-25/h3-4,6-9,12-13,15-16,27H,2,5,10-11,14,17-24H2,1H3,(H,32,37). The lowest BCUT2D eigenvalue weighted by Gasteiger charge is -2.51. The van der Waals surface area contributed by atoms with Gasteiger partial charge in [-0.15, -0.1) is 0 Å². The molecule has 1 atom stereocenters. The van der Waals surface area contributed by atoms with Gasteiger partial charge in [0.2, 0.25) is 11.8 Å². The number of hydrogen-bond donors (Lipinski definition) is 1. The lowest BCUT2D eigenvalue weighted by molar-refractivity contribution is -0.163. The maximum atomic E-state index is 13.5. The Bertz CT molecular complexity index is 1050. The highest BCUT2D eigenvalue weighted by molar-refractivity contribution is 6.01. The van der Waals surface area contributed by atoms with E-state index in [4.69, 9.17) is 4.74 Å². The van der Waals surface area contributed by atoms with Crippen LogP contribution < -0.4 is 5.32 Å². The van der Waals surface area contributed by atoms with Gasteiger partial charge in [0.15, 0.2) is 0 Å². The lowest BCUT2D eigenvalue weighted by atomic mass is 9.81. The Morgan fingerprint density at radius 3 is 2.24 bits per heavy atom. The molecule has 7 heteroatoms. The molecule has 2 fully saturated rings. The molecule has 0 aromatic heterocycles. The number of hydrogen-bond acceptors (Lipinski definition) is 5. The van der Waals surface area contributed by atoms with E-state index in [0.29, 0.717) is 19.4 Å². The Morgan fingerprint density at radius 1 is 0.921 bits per heavy atom. The average molecular weight is 520 g/mol. The Balaban J connectivity index is 1.25. The normalized spacial score (nSPS) is 19.4. The molecular weight excluding hydrogens is 478 g/mol. The summed E-state index contributed by atoms with van der Waals surface area (Å²) in [4.78, 5) is 43.6. The summed E-state index contributed by atoms with van der Waals surface area (Å²) < 4.78 is 5.37. The molecule has 1 unspecified atom stereocenters. The first-order valence-corrected chi connectivity index (χ1v) is 14.1. The molecule has 1 N–H and O–H groups in total. The number of piperazine rings is 1. The van der Waals surface area contributed by atoms with Gasteiger partial charge in [-0.05, 0) is 56.2 Å². The highest BCUT2D eigenvalue weighted by Gasteiger charge is 2.53. The Kier molecular flexibility index (Phi) is 9.93. The second kappa shape index (κ2) is 13.6. The van der Waals surface area contributed by atoms with Crippen LogP contribution in [0.15, 0.2) is 60.7 Å². The van der Waals surface area contributed by atoms with Crippen LogP contribution >= 0.6 is 0 Å². The van der Waals surface area contributed by atoms with Crippen LogP contribution in [-0.2, 0) is 32.1 Å². The number of nitrogens with one attached hydrogen (secondary N) is 1. The zero-order valence-corrected chi connectivity index (χ0v) is 22.6. The number of rotatable bonds is 12. The van der Waals surface area contributed by atoms with Crippen molar-refractivity contribution in [2.24, 2.45) is 0 Å². The van der Waals surface area contributed by atoms with Crippen LogP contribution in [0.1, 0.15) is 63.0 Å². The van der Waals surface area contributed by atoms with Crippen molar-refractivity contribution in [2.75, 3.05) is 26.2 Å². The Hall–Kier alpha value is -3.19. The maximum Gasteiger partial charge on any atom is 0.308 e. The summed E-state index contributed by atoms with van der Waals surface area (Å²) in [5, 5.41) is 2.88. The van der Waals surface area contributed by atoms with Crippen molar-refractivity contribution in [1.29, 1.82) is 0 Å². The van der Waals surface area contributed by atoms with Crippen LogP contribution in [0.4, 0.5) is 0 Å². The van der Waals surface area contributed by atoms with E-state index in [2.05, 4.69) is 40.5 Å². The van der Waals surface area contributed by atoms with E-state index in [1.165, 1.54) is 18.4 Å². The van der Waals surface area contributed by atoms with Crippen LogP contribution in [0, 0.1) is 0 Å². The van der Waals surface area contributed by atoms with Crippen LogP contribution in [0.5, 0.6) is 0 Å². The van der Waals surface area contributed by atoms with Gasteiger partial charge in [0, 0.05) is 19.6 Å². The van der Waals surface area contributed by atoms with Gasteiger partial charge in [-0.3, -0.25) is 14.4 Å². The predicted molar refractivity (Wildman–Crippen MR) is 147 cm³/mol. The quantitative estimate of drug-likeness (QED) is 0.337. The fraction of sp³-hybridized carbons (Fsp3) is 0.516. The number of unbranched alkanes of at least 4 members (excludes halogenated alkanes) is 2. The minimum atomic E-state index is -0.870.